The summed E-state index contributed by atoms with van der Waals surface area (Å²) in [4.78, 5) is 13.3. The van der Waals surface area contributed by atoms with Crippen molar-refractivity contribution in [2.45, 2.75) is 19.4 Å². The van der Waals surface area contributed by atoms with Gasteiger partial charge < -0.3 is 4.90 Å². The average Bonchev–Trinajstić information content (AvgIpc) is 2.36. The van der Waals surface area contributed by atoms with Gasteiger partial charge in [0.2, 0.25) is 5.91 Å². The number of halogens is 1. The lowest BCUT2D eigenvalue weighted by molar-refractivity contribution is -0.130. The summed E-state index contributed by atoms with van der Waals surface area (Å²) in [6.07, 6.45) is 1.19. The molecule has 0 atom stereocenters. The van der Waals surface area contributed by atoms with E-state index in [1.807, 2.05) is 12.1 Å². The van der Waals surface area contributed by atoms with Crippen molar-refractivity contribution in [3.8, 4) is 6.07 Å². The first-order valence-electron chi connectivity index (χ1n) is 5.46. The SMILES string of the molecule is CN(Cc1ccc(C#N)cc1)C(=O)CCCCl. The first-order valence-corrected chi connectivity index (χ1v) is 6.00. The van der Waals surface area contributed by atoms with Gasteiger partial charge in [0.25, 0.3) is 0 Å². The van der Waals surface area contributed by atoms with Crippen LogP contribution in [0.25, 0.3) is 0 Å². The second-order valence-corrected chi connectivity index (χ2v) is 4.23. The van der Waals surface area contributed by atoms with Crippen LogP contribution in [0.5, 0.6) is 0 Å². The van der Waals surface area contributed by atoms with Crippen molar-refractivity contribution in [2.75, 3.05) is 12.9 Å². The summed E-state index contributed by atoms with van der Waals surface area (Å²) < 4.78 is 0. The first-order chi connectivity index (χ1) is 8.17. The van der Waals surface area contributed by atoms with Crippen LogP contribution in [0.4, 0.5) is 0 Å². The second-order valence-electron chi connectivity index (χ2n) is 3.85. The lowest BCUT2D eigenvalue weighted by atomic mass is 10.1. The second kappa shape index (κ2) is 6.93. The number of rotatable bonds is 5. The molecule has 1 rings (SSSR count). The van der Waals surface area contributed by atoms with E-state index in [9.17, 15) is 4.79 Å². The summed E-state index contributed by atoms with van der Waals surface area (Å²) in [5.41, 5.74) is 1.65. The molecular formula is C13H15ClN2O. The Morgan fingerprint density at radius 2 is 2.06 bits per heavy atom. The fourth-order valence-corrected chi connectivity index (χ4v) is 1.59. The topological polar surface area (TPSA) is 44.1 Å². The van der Waals surface area contributed by atoms with Gasteiger partial charge in [0, 0.05) is 25.9 Å². The summed E-state index contributed by atoms with van der Waals surface area (Å²) in [6.45, 7) is 0.562. The highest BCUT2D eigenvalue weighted by Gasteiger charge is 2.08. The van der Waals surface area contributed by atoms with Gasteiger partial charge in [-0.05, 0) is 24.1 Å². The third-order valence-corrected chi connectivity index (χ3v) is 2.72. The quantitative estimate of drug-likeness (QED) is 0.754. The first kappa shape index (κ1) is 13.5. The van der Waals surface area contributed by atoms with E-state index in [1.165, 1.54) is 0 Å². The fourth-order valence-electron chi connectivity index (χ4n) is 1.46. The van der Waals surface area contributed by atoms with Gasteiger partial charge in [-0.2, -0.15) is 5.26 Å². The molecule has 0 saturated heterocycles. The lowest BCUT2D eigenvalue weighted by Gasteiger charge is -2.17. The number of nitriles is 1. The van der Waals surface area contributed by atoms with Crippen LogP contribution in [0, 0.1) is 11.3 Å². The molecule has 0 spiro atoms. The third-order valence-electron chi connectivity index (χ3n) is 2.45. The van der Waals surface area contributed by atoms with Crippen molar-refractivity contribution in [3.05, 3.63) is 35.4 Å². The molecule has 3 nitrogen and oxygen atoms in total. The van der Waals surface area contributed by atoms with E-state index in [0.717, 1.165) is 5.56 Å². The monoisotopic (exact) mass is 250 g/mol. The van der Waals surface area contributed by atoms with Crippen LogP contribution in [0.15, 0.2) is 24.3 Å². The van der Waals surface area contributed by atoms with E-state index in [1.54, 1.807) is 24.1 Å². The molecule has 17 heavy (non-hydrogen) atoms. The van der Waals surface area contributed by atoms with Crippen molar-refractivity contribution in [1.82, 2.24) is 4.90 Å². The van der Waals surface area contributed by atoms with E-state index in [-0.39, 0.29) is 5.91 Å². The van der Waals surface area contributed by atoms with E-state index in [2.05, 4.69) is 6.07 Å². The molecule has 0 aromatic heterocycles. The van der Waals surface area contributed by atoms with Gasteiger partial charge in [-0.15, -0.1) is 11.6 Å². The van der Waals surface area contributed by atoms with E-state index in [0.29, 0.717) is 30.8 Å². The normalized spacial score (nSPS) is 9.71. The molecule has 1 aromatic carbocycles. The molecule has 0 heterocycles. The Kier molecular flexibility index (Phi) is 5.51. The number of benzene rings is 1. The molecule has 0 saturated carbocycles. The maximum absolute atomic E-state index is 11.6. The van der Waals surface area contributed by atoms with Crippen molar-refractivity contribution in [3.63, 3.8) is 0 Å². The maximum Gasteiger partial charge on any atom is 0.222 e. The summed E-state index contributed by atoms with van der Waals surface area (Å²) in [6, 6.07) is 9.31. The highest BCUT2D eigenvalue weighted by atomic mass is 35.5. The largest absolute Gasteiger partial charge is 0.341 e. The van der Waals surface area contributed by atoms with Gasteiger partial charge in [0.15, 0.2) is 0 Å². The molecule has 0 N–H and O–H groups in total. The standard InChI is InChI=1S/C13H15ClN2O/c1-16(13(17)3-2-8-14)10-12-6-4-11(9-15)5-7-12/h4-7H,2-3,8,10H2,1H3. The van der Waals surface area contributed by atoms with E-state index >= 15 is 0 Å². The minimum atomic E-state index is 0.0926. The highest BCUT2D eigenvalue weighted by molar-refractivity contribution is 6.17. The summed E-state index contributed by atoms with van der Waals surface area (Å²) in [5, 5.41) is 8.67. The number of carbonyl (C=O) groups is 1. The Morgan fingerprint density at radius 1 is 1.41 bits per heavy atom. The van der Waals surface area contributed by atoms with Gasteiger partial charge in [0.1, 0.15) is 0 Å². The third kappa shape index (κ3) is 4.46. The summed E-state index contributed by atoms with van der Waals surface area (Å²) in [5.74, 6) is 0.603. The molecule has 1 amide bonds. The minimum Gasteiger partial charge on any atom is -0.341 e. The lowest BCUT2D eigenvalue weighted by Crippen LogP contribution is -2.25. The van der Waals surface area contributed by atoms with Crippen LogP contribution in [-0.2, 0) is 11.3 Å². The molecule has 0 unspecified atom stereocenters. The number of hydrogen-bond acceptors (Lipinski definition) is 2. The molecule has 0 bridgehead atoms. The minimum absolute atomic E-state index is 0.0926. The number of alkyl halides is 1. The van der Waals surface area contributed by atoms with Crippen molar-refractivity contribution < 1.29 is 4.79 Å². The van der Waals surface area contributed by atoms with Gasteiger partial charge in [-0.3, -0.25) is 4.79 Å². The molecule has 4 heteroatoms. The zero-order chi connectivity index (χ0) is 12.7. The predicted octanol–water partition coefficient (Wildman–Crippen LogP) is 2.54. The number of nitrogens with zero attached hydrogens (tertiary/aromatic N) is 2. The molecule has 0 radical (unpaired) electrons. The Hall–Kier alpha value is -1.53. The Balaban J connectivity index is 2.52. The van der Waals surface area contributed by atoms with Crippen LogP contribution in [0.2, 0.25) is 0 Å². The van der Waals surface area contributed by atoms with Gasteiger partial charge in [-0.25, -0.2) is 0 Å². The molecule has 0 aliphatic rings. The molecule has 0 aliphatic heterocycles. The summed E-state index contributed by atoms with van der Waals surface area (Å²) in [7, 11) is 1.77. The Labute approximate surface area is 107 Å². The van der Waals surface area contributed by atoms with Crippen LogP contribution in [-0.4, -0.2) is 23.7 Å². The van der Waals surface area contributed by atoms with Gasteiger partial charge in [0.05, 0.1) is 11.6 Å². The van der Waals surface area contributed by atoms with Crippen molar-refractivity contribution >= 4 is 17.5 Å². The smallest absolute Gasteiger partial charge is 0.222 e. The van der Waals surface area contributed by atoms with E-state index in [4.69, 9.17) is 16.9 Å². The van der Waals surface area contributed by atoms with Crippen LogP contribution in [0.1, 0.15) is 24.0 Å². The zero-order valence-electron chi connectivity index (χ0n) is 9.82. The molecule has 0 fully saturated rings. The molecule has 0 aliphatic carbocycles. The maximum atomic E-state index is 11.6. The van der Waals surface area contributed by atoms with Crippen LogP contribution >= 0.6 is 11.6 Å². The van der Waals surface area contributed by atoms with Crippen molar-refractivity contribution in [2.24, 2.45) is 0 Å². The average molecular weight is 251 g/mol. The van der Waals surface area contributed by atoms with Crippen LogP contribution < -0.4 is 0 Å². The fraction of sp³-hybridized carbons (Fsp3) is 0.385. The number of hydrogen-bond donors (Lipinski definition) is 0. The van der Waals surface area contributed by atoms with Crippen molar-refractivity contribution in [1.29, 1.82) is 5.26 Å². The molecule has 90 valence electrons. The molecule has 1 aromatic rings. The molecular weight excluding hydrogens is 236 g/mol. The van der Waals surface area contributed by atoms with Gasteiger partial charge in [-0.1, -0.05) is 12.1 Å². The van der Waals surface area contributed by atoms with Gasteiger partial charge >= 0.3 is 0 Å². The Morgan fingerprint density at radius 3 is 2.59 bits per heavy atom. The Bertz CT molecular complexity index is 408. The van der Waals surface area contributed by atoms with E-state index < -0.39 is 0 Å². The predicted molar refractivity (Wildman–Crippen MR) is 67.6 cm³/mol. The van der Waals surface area contributed by atoms with Crippen LogP contribution in [0.3, 0.4) is 0 Å². The number of carbonyl (C=O) groups excluding carboxylic acids is 1. The zero-order valence-corrected chi connectivity index (χ0v) is 10.6. The summed E-state index contributed by atoms with van der Waals surface area (Å²) >= 11 is 5.54. The number of amides is 1. The highest BCUT2D eigenvalue weighted by Crippen LogP contribution is 2.07.